The predicted octanol–water partition coefficient (Wildman–Crippen LogP) is 5.21. The predicted molar refractivity (Wildman–Crippen MR) is 96.2 cm³/mol. The Morgan fingerprint density at radius 2 is 1.92 bits per heavy atom. The van der Waals surface area contributed by atoms with Crippen molar-refractivity contribution in [3.05, 3.63) is 65.3 Å². The van der Waals surface area contributed by atoms with Crippen LogP contribution >= 0.6 is 11.3 Å². The van der Waals surface area contributed by atoms with Crippen LogP contribution < -0.4 is 5.32 Å². The highest BCUT2D eigenvalue weighted by molar-refractivity contribution is 7.14. The lowest BCUT2D eigenvalue weighted by atomic mass is 10.1. The molecule has 0 saturated heterocycles. The van der Waals surface area contributed by atoms with Gasteiger partial charge in [0, 0.05) is 17.4 Å². The van der Waals surface area contributed by atoms with Crippen molar-refractivity contribution in [3.63, 3.8) is 0 Å². The van der Waals surface area contributed by atoms with Gasteiger partial charge >= 0.3 is 0 Å². The quantitative estimate of drug-likeness (QED) is 0.669. The highest BCUT2D eigenvalue weighted by Crippen LogP contribution is 2.28. The Morgan fingerprint density at radius 1 is 1.17 bits per heavy atom. The number of hydrogen-bond donors (Lipinski definition) is 1. The van der Waals surface area contributed by atoms with E-state index in [0.29, 0.717) is 17.2 Å². The molecule has 0 radical (unpaired) electrons. The molecule has 0 aliphatic carbocycles. The number of hydrogen-bond acceptors (Lipinski definition) is 4. The van der Waals surface area contributed by atoms with E-state index in [1.54, 1.807) is 25.1 Å². The third-order valence-electron chi connectivity index (χ3n) is 3.64. The van der Waals surface area contributed by atoms with Crippen LogP contribution in [0.3, 0.4) is 0 Å². The van der Waals surface area contributed by atoms with E-state index in [9.17, 15) is 9.18 Å². The number of anilines is 2. The maximum atomic E-state index is 13.7. The molecule has 1 N–H and O–H groups in total. The molecule has 3 nitrogen and oxygen atoms in total. The Hall–Kier alpha value is -2.53. The maximum absolute atomic E-state index is 13.7. The Morgan fingerprint density at radius 3 is 2.62 bits per heavy atom. The van der Waals surface area contributed by atoms with Gasteiger partial charge in [-0.2, -0.15) is 0 Å². The second-order valence-corrected chi connectivity index (χ2v) is 6.40. The molecule has 3 rings (SSSR count). The molecule has 0 amide bonds. The third-order valence-corrected chi connectivity index (χ3v) is 4.39. The van der Waals surface area contributed by atoms with E-state index in [0.717, 1.165) is 23.2 Å². The summed E-state index contributed by atoms with van der Waals surface area (Å²) in [5.74, 6) is -0.105. The van der Waals surface area contributed by atoms with Crippen molar-refractivity contribution < 1.29 is 9.18 Å². The fourth-order valence-electron chi connectivity index (χ4n) is 2.30. The van der Waals surface area contributed by atoms with Gasteiger partial charge in [-0.3, -0.25) is 0 Å². The largest absolute Gasteiger partial charge is 0.329 e. The minimum atomic E-state index is -0.302. The number of aryl methyl sites for hydroxylation is 1. The summed E-state index contributed by atoms with van der Waals surface area (Å²) in [4.78, 5) is 15.5. The van der Waals surface area contributed by atoms with Gasteiger partial charge in [0.1, 0.15) is 11.6 Å². The van der Waals surface area contributed by atoms with Crippen LogP contribution in [0.4, 0.5) is 15.2 Å². The fourth-order valence-corrected chi connectivity index (χ4v) is 3.04. The molecule has 122 valence electrons. The molecule has 0 aliphatic heterocycles. The first-order valence-corrected chi connectivity index (χ1v) is 8.55. The van der Waals surface area contributed by atoms with Gasteiger partial charge in [0.25, 0.3) is 0 Å². The lowest BCUT2D eigenvalue weighted by Gasteiger charge is -2.03. The number of Topliss-reactive ketones (excluding diaryl/α,β-unsaturated/α-hetero) is 1. The average Bonchev–Trinajstić information content (AvgIpc) is 3.04. The summed E-state index contributed by atoms with van der Waals surface area (Å²) < 4.78 is 13.7. The summed E-state index contributed by atoms with van der Waals surface area (Å²) in [6.45, 7) is 1.60. The van der Waals surface area contributed by atoms with Crippen LogP contribution in [-0.2, 0) is 11.2 Å². The summed E-state index contributed by atoms with van der Waals surface area (Å²) in [5.41, 5.74) is 3.39. The summed E-state index contributed by atoms with van der Waals surface area (Å²) >= 11 is 1.43. The molecule has 0 unspecified atom stereocenters. The number of para-hydroxylation sites is 1. The van der Waals surface area contributed by atoms with Gasteiger partial charge in [0.15, 0.2) is 5.13 Å². The number of nitrogens with one attached hydrogen (secondary N) is 1. The van der Waals surface area contributed by atoms with E-state index in [1.807, 2.05) is 29.6 Å². The second-order valence-electron chi connectivity index (χ2n) is 5.54. The number of nitrogens with zero attached hydrogens (tertiary/aromatic N) is 1. The maximum Gasteiger partial charge on any atom is 0.187 e. The molecule has 0 bridgehead atoms. The summed E-state index contributed by atoms with van der Waals surface area (Å²) in [7, 11) is 0. The van der Waals surface area contributed by atoms with E-state index in [4.69, 9.17) is 0 Å². The van der Waals surface area contributed by atoms with Gasteiger partial charge in [-0.15, -0.1) is 11.3 Å². The van der Waals surface area contributed by atoms with E-state index >= 15 is 0 Å². The minimum absolute atomic E-state index is 0.197. The third kappa shape index (κ3) is 4.06. The molecule has 0 fully saturated rings. The van der Waals surface area contributed by atoms with Crippen molar-refractivity contribution in [1.29, 1.82) is 0 Å². The summed E-state index contributed by atoms with van der Waals surface area (Å²) in [6.07, 6.45) is 1.32. The first-order valence-electron chi connectivity index (χ1n) is 7.67. The number of benzene rings is 2. The first kappa shape index (κ1) is 16.3. The molecule has 24 heavy (non-hydrogen) atoms. The van der Waals surface area contributed by atoms with Crippen molar-refractivity contribution in [3.8, 4) is 11.3 Å². The van der Waals surface area contributed by atoms with Crippen molar-refractivity contribution in [2.24, 2.45) is 0 Å². The second kappa shape index (κ2) is 7.36. The van der Waals surface area contributed by atoms with Gasteiger partial charge in [-0.05, 0) is 31.0 Å². The average molecular weight is 340 g/mol. The van der Waals surface area contributed by atoms with E-state index < -0.39 is 0 Å². The van der Waals surface area contributed by atoms with Crippen LogP contribution in [0, 0.1) is 5.82 Å². The SMILES string of the molecule is CC(=O)CCc1ccc(-c2csc(Nc3ccccc3F)n2)cc1. The highest BCUT2D eigenvalue weighted by atomic mass is 32.1. The fraction of sp³-hybridized carbons (Fsp3) is 0.158. The van der Waals surface area contributed by atoms with Crippen LogP contribution in [0.1, 0.15) is 18.9 Å². The Labute approximate surface area is 144 Å². The molecule has 1 aromatic heterocycles. The van der Waals surface area contributed by atoms with Crippen molar-refractivity contribution in [2.45, 2.75) is 19.8 Å². The number of carbonyl (C=O) groups excluding carboxylic acids is 1. The number of carbonyl (C=O) groups is 1. The lowest BCUT2D eigenvalue weighted by molar-refractivity contribution is -0.116. The Kier molecular flexibility index (Phi) is 5.01. The first-order chi connectivity index (χ1) is 11.6. The van der Waals surface area contributed by atoms with Crippen LogP contribution in [0.15, 0.2) is 53.9 Å². The van der Waals surface area contributed by atoms with Gasteiger partial charge in [-0.25, -0.2) is 9.37 Å². The van der Waals surface area contributed by atoms with Gasteiger partial charge in [0.05, 0.1) is 11.4 Å². The van der Waals surface area contributed by atoms with Crippen molar-refractivity contribution in [2.75, 3.05) is 5.32 Å². The zero-order valence-corrected chi connectivity index (χ0v) is 14.1. The van der Waals surface area contributed by atoms with Gasteiger partial charge in [0.2, 0.25) is 0 Å². The highest BCUT2D eigenvalue weighted by Gasteiger charge is 2.07. The Balaban J connectivity index is 1.71. The van der Waals surface area contributed by atoms with Crippen LogP contribution in [0.5, 0.6) is 0 Å². The summed E-state index contributed by atoms with van der Waals surface area (Å²) in [6, 6.07) is 14.6. The standard InChI is InChI=1S/C19H17FN2OS/c1-13(23)6-7-14-8-10-15(11-9-14)18-12-24-19(22-18)21-17-5-3-2-4-16(17)20/h2-5,8-12H,6-7H2,1H3,(H,21,22). The van der Waals surface area contributed by atoms with E-state index in [-0.39, 0.29) is 11.6 Å². The summed E-state index contributed by atoms with van der Waals surface area (Å²) in [5, 5.41) is 5.59. The molecule has 0 saturated carbocycles. The van der Waals surface area contributed by atoms with Crippen molar-refractivity contribution >= 4 is 27.9 Å². The number of rotatable bonds is 6. The van der Waals surface area contributed by atoms with Crippen LogP contribution in [-0.4, -0.2) is 10.8 Å². The zero-order chi connectivity index (χ0) is 16.9. The Bertz CT molecular complexity index is 843. The van der Waals surface area contributed by atoms with Gasteiger partial charge in [-0.1, -0.05) is 36.4 Å². The molecule has 3 aromatic rings. The molecule has 5 heteroatoms. The van der Waals surface area contributed by atoms with Crippen molar-refractivity contribution in [1.82, 2.24) is 4.98 Å². The molecule has 0 atom stereocenters. The van der Waals surface area contributed by atoms with E-state index in [1.165, 1.54) is 17.4 Å². The van der Waals surface area contributed by atoms with Gasteiger partial charge < -0.3 is 10.1 Å². The zero-order valence-electron chi connectivity index (χ0n) is 13.3. The number of aromatic nitrogens is 1. The minimum Gasteiger partial charge on any atom is -0.329 e. The normalized spacial score (nSPS) is 10.6. The molecule has 2 aromatic carbocycles. The number of ketones is 1. The topological polar surface area (TPSA) is 42.0 Å². The molecular formula is C19H17FN2OS. The molecule has 1 heterocycles. The smallest absolute Gasteiger partial charge is 0.187 e. The molecule has 0 spiro atoms. The lowest BCUT2D eigenvalue weighted by Crippen LogP contribution is -1.94. The van der Waals surface area contributed by atoms with E-state index in [2.05, 4.69) is 10.3 Å². The molecule has 0 aliphatic rings. The molecular weight excluding hydrogens is 323 g/mol. The van der Waals surface area contributed by atoms with Crippen LogP contribution in [0.25, 0.3) is 11.3 Å². The van der Waals surface area contributed by atoms with Crippen LogP contribution in [0.2, 0.25) is 0 Å². The monoisotopic (exact) mass is 340 g/mol. The number of halogens is 1. The number of thiazole rings is 1.